The Labute approximate surface area is 117 Å². The molecule has 0 saturated carbocycles. The number of aromatic nitrogens is 1. The summed E-state index contributed by atoms with van der Waals surface area (Å²) < 4.78 is 1.25. The zero-order chi connectivity index (χ0) is 13.1. The molecule has 3 heteroatoms. The van der Waals surface area contributed by atoms with Crippen LogP contribution in [0.1, 0.15) is 17.5 Å². The van der Waals surface area contributed by atoms with Crippen LogP contribution >= 0.6 is 11.3 Å². The second-order valence-electron chi connectivity index (χ2n) is 4.48. The SMILES string of the molecule is CCc1cccc(NCc2nc3ccccc3s2)c1. The molecule has 2 aromatic carbocycles. The molecule has 19 heavy (non-hydrogen) atoms. The lowest BCUT2D eigenvalue weighted by molar-refractivity contribution is 1.10. The first kappa shape index (κ1) is 12.2. The molecule has 3 rings (SSSR count). The van der Waals surface area contributed by atoms with Gasteiger partial charge in [-0.1, -0.05) is 31.2 Å². The summed E-state index contributed by atoms with van der Waals surface area (Å²) in [7, 11) is 0. The molecule has 0 saturated heterocycles. The topological polar surface area (TPSA) is 24.9 Å². The summed E-state index contributed by atoms with van der Waals surface area (Å²) in [5.74, 6) is 0. The lowest BCUT2D eigenvalue weighted by Crippen LogP contribution is -1.99. The minimum absolute atomic E-state index is 0.784. The maximum atomic E-state index is 4.63. The van der Waals surface area contributed by atoms with E-state index in [9.17, 15) is 0 Å². The van der Waals surface area contributed by atoms with Gasteiger partial charge in [0.2, 0.25) is 0 Å². The van der Waals surface area contributed by atoms with Crippen LogP contribution in [0.25, 0.3) is 10.2 Å². The highest BCUT2D eigenvalue weighted by atomic mass is 32.1. The highest BCUT2D eigenvalue weighted by Gasteiger charge is 2.02. The zero-order valence-corrected chi connectivity index (χ0v) is 11.7. The highest BCUT2D eigenvalue weighted by molar-refractivity contribution is 7.18. The molecule has 1 aromatic heterocycles. The zero-order valence-electron chi connectivity index (χ0n) is 10.9. The first-order valence-electron chi connectivity index (χ1n) is 6.52. The van der Waals surface area contributed by atoms with Crippen LogP contribution in [-0.4, -0.2) is 4.98 Å². The molecule has 96 valence electrons. The van der Waals surface area contributed by atoms with E-state index in [1.165, 1.54) is 16.0 Å². The normalized spacial score (nSPS) is 10.8. The second kappa shape index (κ2) is 5.41. The Morgan fingerprint density at radius 1 is 1.11 bits per heavy atom. The van der Waals surface area contributed by atoms with Crippen molar-refractivity contribution in [3.63, 3.8) is 0 Å². The van der Waals surface area contributed by atoms with Crippen molar-refractivity contribution in [2.24, 2.45) is 0 Å². The number of hydrogen-bond acceptors (Lipinski definition) is 3. The maximum absolute atomic E-state index is 4.63. The number of anilines is 1. The summed E-state index contributed by atoms with van der Waals surface area (Å²) in [6, 6.07) is 16.8. The maximum Gasteiger partial charge on any atom is 0.113 e. The first-order chi connectivity index (χ1) is 9.35. The van der Waals surface area contributed by atoms with Crippen molar-refractivity contribution in [1.82, 2.24) is 4.98 Å². The highest BCUT2D eigenvalue weighted by Crippen LogP contribution is 2.22. The molecule has 2 nitrogen and oxygen atoms in total. The Morgan fingerprint density at radius 2 is 2.00 bits per heavy atom. The van der Waals surface area contributed by atoms with E-state index in [2.05, 4.69) is 59.7 Å². The summed E-state index contributed by atoms with van der Waals surface area (Å²) in [5.41, 5.74) is 3.61. The molecule has 0 aliphatic carbocycles. The fourth-order valence-corrected chi connectivity index (χ4v) is 2.98. The van der Waals surface area contributed by atoms with Gasteiger partial charge in [-0.05, 0) is 36.2 Å². The molecule has 0 fully saturated rings. The molecular formula is C16H16N2S. The molecule has 0 aliphatic rings. The van der Waals surface area contributed by atoms with E-state index in [0.717, 1.165) is 23.5 Å². The van der Waals surface area contributed by atoms with E-state index < -0.39 is 0 Å². The van der Waals surface area contributed by atoms with Gasteiger partial charge in [0.05, 0.1) is 16.8 Å². The van der Waals surface area contributed by atoms with Crippen LogP contribution in [0, 0.1) is 0 Å². The standard InChI is InChI=1S/C16H16N2S/c1-2-12-6-5-7-13(10-12)17-11-16-18-14-8-3-4-9-15(14)19-16/h3-10,17H,2,11H2,1H3. The molecule has 0 spiro atoms. The molecule has 1 N–H and O–H groups in total. The van der Waals surface area contributed by atoms with Gasteiger partial charge in [-0.3, -0.25) is 0 Å². The Kier molecular flexibility index (Phi) is 3.47. The largest absolute Gasteiger partial charge is 0.379 e. The number of rotatable bonds is 4. The van der Waals surface area contributed by atoms with Gasteiger partial charge in [-0.25, -0.2) is 4.98 Å². The van der Waals surface area contributed by atoms with Gasteiger partial charge in [0.25, 0.3) is 0 Å². The lowest BCUT2D eigenvalue weighted by atomic mass is 10.1. The smallest absolute Gasteiger partial charge is 0.113 e. The number of nitrogens with one attached hydrogen (secondary N) is 1. The average molecular weight is 268 g/mol. The first-order valence-corrected chi connectivity index (χ1v) is 7.34. The average Bonchev–Trinajstić information content (AvgIpc) is 2.88. The van der Waals surface area contributed by atoms with E-state index in [1.54, 1.807) is 11.3 Å². The van der Waals surface area contributed by atoms with Gasteiger partial charge in [0.15, 0.2) is 0 Å². The fraction of sp³-hybridized carbons (Fsp3) is 0.188. The molecule has 0 bridgehead atoms. The van der Waals surface area contributed by atoms with Gasteiger partial charge in [-0.2, -0.15) is 0 Å². The molecule has 0 unspecified atom stereocenters. The number of benzene rings is 2. The number of aryl methyl sites for hydroxylation is 1. The summed E-state index contributed by atoms with van der Waals surface area (Å²) >= 11 is 1.75. The van der Waals surface area contributed by atoms with Crippen molar-refractivity contribution in [3.8, 4) is 0 Å². The van der Waals surface area contributed by atoms with Crippen LogP contribution < -0.4 is 5.32 Å². The minimum atomic E-state index is 0.784. The van der Waals surface area contributed by atoms with Crippen molar-refractivity contribution >= 4 is 27.2 Å². The van der Waals surface area contributed by atoms with Crippen LogP contribution in [-0.2, 0) is 13.0 Å². The summed E-state index contributed by atoms with van der Waals surface area (Å²) in [4.78, 5) is 4.63. The molecule has 3 aromatic rings. The van der Waals surface area contributed by atoms with Crippen LogP contribution in [0.15, 0.2) is 48.5 Å². The Morgan fingerprint density at radius 3 is 2.84 bits per heavy atom. The summed E-state index contributed by atoms with van der Waals surface area (Å²) in [6.45, 7) is 2.96. The molecular weight excluding hydrogens is 252 g/mol. The number of nitrogens with zero attached hydrogens (tertiary/aromatic N) is 1. The van der Waals surface area contributed by atoms with Crippen molar-refractivity contribution in [3.05, 3.63) is 59.1 Å². The predicted octanol–water partition coefficient (Wildman–Crippen LogP) is 4.47. The van der Waals surface area contributed by atoms with Crippen molar-refractivity contribution in [2.75, 3.05) is 5.32 Å². The minimum Gasteiger partial charge on any atom is -0.379 e. The van der Waals surface area contributed by atoms with Crippen molar-refractivity contribution < 1.29 is 0 Å². The van der Waals surface area contributed by atoms with Gasteiger partial charge in [0.1, 0.15) is 5.01 Å². The summed E-state index contributed by atoms with van der Waals surface area (Å²) in [5, 5.41) is 4.57. The second-order valence-corrected chi connectivity index (χ2v) is 5.60. The van der Waals surface area contributed by atoms with Crippen molar-refractivity contribution in [2.45, 2.75) is 19.9 Å². The van der Waals surface area contributed by atoms with E-state index in [-0.39, 0.29) is 0 Å². The molecule has 0 aliphatic heterocycles. The van der Waals surface area contributed by atoms with Crippen molar-refractivity contribution in [1.29, 1.82) is 0 Å². The Hall–Kier alpha value is -1.87. The molecule has 0 radical (unpaired) electrons. The van der Waals surface area contributed by atoms with Crippen LogP contribution in [0.5, 0.6) is 0 Å². The third-order valence-corrected chi connectivity index (χ3v) is 4.15. The van der Waals surface area contributed by atoms with Crippen LogP contribution in [0.2, 0.25) is 0 Å². The molecule has 0 atom stereocenters. The molecule has 0 amide bonds. The van der Waals surface area contributed by atoms with Gasteiger partial charge < -0.3 is 5.32 Å². The van der Waals surface area contributed by atoms with E-state index in [4.69, 9.17) is 0 Å². The van der Waals surface area contributed by atoms with Crippen LogP contribution in [0.3, 0.4) is 0 Å². The molecule has 1 heterocycles. The lowest BCUT2D eigenvalue weighted by Gasteiger charge is -2.05. The van der Waals surface area contributed by atoms with Gasteiger partial charge >= 0.3 is 0 Å². The van der Waals surface area contributed by atoms with Crippen LogP contribution in [0.4, 0.5) is 5.69 Å². The van der Waals surface area contributed by atoms with E-state index in [1.807, 2.05) is 6.07 Å². The van der Waals surface area contributed by atoms with Gasteiger partial charge in [0, 0.05) is 5.69 Å². The quantitative estimate of drug-likeness (QED) is 0.755. The number of fused-ring (bicyclic) bond motifs is 1. The Balaban J connectivity index is 1.74. The summed E-state index contributed by atoms with van der Waals surface area (Å²) in [6.07, 6.45) is 1.07. The number of para-hydroxylation sites is 1. The predicted molar refractivity (Wildman–Crippen MR) is 82.8 cm³/mol. The van der Waals surface area contributed by atoms with E-state index in [0.29, 0.717) is 0 Å². The number of thiazole rings is 1. The third kappa shape index (κ3) is 2.76. The monoisotopic (exact) mass is 268 g/mol. The number of hydrogen-bond donors (Lipinski definition) is 1. The Bertz CT molecular complexity index is 655. The van der Waals surface area contributed by atoms with Gasteiger partial charge in [-0.15, -0.1) is 11.3 Å². The van der Waals surface area contributed by atoms with E-state index >= 15 is 0 Å². The third-order valence-electron chi connectivity index (χ3n) is 3.12. The fourth-order valence-electron chi connectivity index (χ4n) is 2.07.